The van der Waals surface area contributed by atoms with Crippen molar-refractivity contribution in [2.24, 2.45) is 0 Å². The molecule has 0 bridgehead atoms. The van der Waals surface area contributed by atoms with Gasteiger partial charge in [0.15, 0.2) is 5.69 Å². The summed E-state index contributed by atoms with van der Waals surface area (Å²) in [5, 5.41) is 7.16. The molecule has 1 aliphatic heterocycles. The predicted octanol–water partition coefficient (Wildman–Crippen LogP) is 5.08. The highest BCUT2D eigenvalue weighted by molar-refractivity contribution is 5.94. The molecule has 2 heterocycles. The number of esters is 1. The van der Waals surface area contributed by atoms with Crippen LogP contribution in [0.25, 0.3) is 6.08 Å². The van der Waals surface area contributed by atoms with Crippen molar-refractivity contribution >= 4 is 23.9 Å². The second-order valence-electron chi connectivity index (χ2n) is 11.3. The van der Waals surface area contributed by atoms with Gasteiger partial charge in [-0.3, -0.25) is 14.3 Å². The van der Waals surface area contributed by atoms with Gasteiger partial charge in [0.1, 0.15) is 5.60 Å². The monoisotopic (exact) mass is 560 g/mol. The lowest BCUT2D eigenvalue weighted by Gasteiger charge is -2.30. The molecule has 8 nitrogen and oxygen atoms in total. The molecular weight excluding hydrogens is 525 g/mol. The van der Waals surface area contributed by atoms with Crippen LogP contribution >= 0.6 is 0 Å². The van der Waals surface area contributed by atoms with Crippen LogP contribution in [0.3, 0.4) is 0 Å². The summed E-state index contributed by atoms with van der Waals surface area (Å²) >= 11 is 0. The third kappa shape index (κ3) is 7.31. The topological polar surface area (TPSA) is 93.5 Å². The van der Waals surface area contributed by atoms with Crippen molar-refractivity contribution in [1.82, 2.24) is 20.0 Å². The molecule has 0 radical (unpaired) electrons. The lowest BCUT2D eigenvalue weighted by Crippen LogP contribution is -2.44. The Labute approximate surface area is 231 Å². The number of carbonyl (C=O) groups excluding carboxylic acids is 3. The van der Waals surface area contributed by atoms with E-state index in [0.29, 0.717) is 24.3 Å². The number of hydrogen-bond donors (Lipinski definition) is 1. The summed E-state index contributed by atoms with van der Waals surface area (Å²) in [6, 6.07) is 4.42. The molecule has 1 N–H and O–H groups in total. The summed E-state index contributed by atoms with van der Waals surface area (Å²) in [7, 11) is 0. The van der Waals surface area contributed by atoms with Crippen molar-refractivity contribution < 1.29 is 32.3 Å². The average molecular weight is 561 g/mol. The normalized spacial score (nSPS) is 16.6. The van der Waals surface area contributed by atoms with Gasteiger partial charge in [-0.1, -0.05) is 31.4 Å². The van der Waals surface area contributed by atoms with E-state index in [4.69, 9.17) is 4.74 Å². The van der Waals surface area contributed by atoms with E-state index in [9.17, 15) is 27.6 Å². The van der Waals surface area contributed by atoms with Gasteiger partial charge in [0.05, 0.1) is 30.9 Å². The number of fused-ring (bicyclic) bond motifs is 1. The van der Waals surface area contributed by atoms with Crippen LogP contribution in [0.1, 0.15) is 91.7 Å². The Balaban J connectivity index is 1.41. The molecule has 2 aromatic rings. The fraction of sp³-hybridized carbons (Fsp3) is 0.517. The van der Waals surface area contributed by atoms with Gasteiger partial charge in [-0.15, -0.1) is 0 Å². The molecule has 1 aromatic heterocycles. The molecule has 11 heteroatoms. The van der Waals surface area contributed by atoms with E-state index in [0.717, 1.165) is 55.5 Å². The molecule has 2 amide bonds. The van der Waals surface area contributed by atoms with Gasteiger partial charge in [0, 0.05) is 18.2 Å². The average Bonchev–Trinajstić information content (AvgIpc) is 3.29. The molecule has 1 saturated carbocycles. The number of benzene rings is 1. The van der Waals surface area contributed by atoms with Crippen LogP contribution in [0.4, 0.5) is 13.2 Å². The van der Waals surface area contributed by atoms with Crippen LogP contribution in [0.15, 0.2) is 30.3 Å². The van der Waals surface area contributed by atoms with Gasteiger partial charge < -0.3 is 15.0 Å². The lowest BCUT2D eigenvalue weighted by molar-refractivity contribution is -0.137. The molecule has 0 atom stereocenters. The Bertz CT molecular complexity index is 1270. The van der Waals surface area contributed by atoms with Crippen molar-refractivity contribution in [1.29, 1.82) is 0 Å². The Kier molecular flexibility index (Phi) is 8.70. The smallest absolute Gasteiger partial charge is 0.416 e. The summed E-state index contributed by atoms with van der Waals surface area (Å²) in [6.07, 6.45) is 3.31. The molecule has 1 aromatic carbocycles. The maximum Gasteiger partial charge on any atom is 0.416 e. The number of halogens is 3. The summed E-state index contributed by atoms with van der Waals surface area (Å²) in [5.74, 6) is -1.10. The molecule has 1 aliphatic carbocycles. The summed E-state index contributed by atoms with van der Waals surface area (Å²) < 4.78 is 45.6. The molecule has 0 saturated heterocycles. The predicted molar refractivity (Wildman–Crippen MR) is 142 cm³/mol. The maximum absolute atomic E-state index is 13.1. The fourth-order valence-electron chi connectivity index (χ4n) is 5.14. The van der Waals surface area contributed by atoms with Gasteiger partial charge in [0.25, 0.3) is 0 Å². The summed E-state index contributed by atoms with van der Waals surface area (Å²) in [4.78, 5) is 40.0. The Hall–Kier alpha value is -3.63. The Morgan fingerprint density at radius 2 is 1.73 bits per heavy atom. The zero-order valence-electron chi connectivity index (χ0n) is 23.0. The zero-order chi connectivity index (χ0) is 29.1. The van der Waals surface area contributed by atoms with E-state index < -0.39 is 29.2 Å². The first-order chi connectivity index (χ1) is 18.8. The molecule has 0 spiro atoms. The van der Waals surface area contributed by atoms with E-state index in [1.54, 1.807) is 9.58 Å². The number of nitrogens with one attached hydrogen (secondary N) is 1. The van der Waals surface area contributed by atoms with Gasteiger partial charge in [-0.2, -0.15) is 18.3 Å². The third-order valence-corrected chi connectivity index (χ3v) is 7.06. The van der Waals surface area contributed by atoms with Gasteiger partial charge >= 0.3 is 12.1 Å². The largest absolute Gasteiger partial charge is 0.455 e. The van der Waals surface area contributed by atoms with Crippen LogP contribution in [-0.2, 0) is 33.6 Å². The van der Waals surface area contributed by atoms with Gasteiger partial charge in [-0.05, 0) is 63.3 Å². The van der Waals surface area contributed by atoms with Crippen molar-refractivity contribution in [3.05, 3.63) is 58.4 Å². The van der Waals surface area contributed by atoms with Crippen LogP contribution in [0.5, 0.6) is 0 Å². The van der Waals surface area contributed by atoms with Gasteiger partial charge in [-0.25, -0.2) is 4.79 Å². The lowest BCUT2D eigenvalue weighted by atomic mass is 9.82. The van der Waals surface area contributed by atoms with E-state index in [1.807, 2.05) is 20.8 Å². The van der Waals surface area contributed by atoms with Crippen molar-refractivity contribution in [3.8, 4) is 0 Å². The van der Waals surface area contributed by atoms with E-state index in [-0.39, 0.29) is 24.9 Å². The Morgan fingerprint density at radius 1 is 1.05 bits per heavy atom. The molecule has 0 unspecified atom stereocenters. The second kappa shape index (κ2) is 11.9. The SMILES string of the molecule is CC(C)(C)OC(=O)c1nn2c(c1C1CCCCC1)CN(C(=O)CNC(=O)/C=C/c1ccc(C(F)(F)F)cc1)CC2. The highest BCUT2D eigenvalue weighted by Crippen LogP contribution is 2.38. The highest BCUT2D eigenvalue weighted by Gasteiger charge is 2.35. The molecule has 40 heavy (non-hydrogen) atoms. The minimum absolute atomic E-state index is 0.171. The Morgan fingerprint density at radius 3 is 2.35 bits per heavy atom. The van der Waals surface area contributed by atoms with Crippen molar-refractivity contribution in [2.45, 2.75) is 83.7 Å². The zero-order valence-corrected chi connectivity index (χ0v) is 23.0. The van der Waals surface area contributed by atoms with Crippen LogP contribution in [-0.4, -0.2) is 51.2 Å². The second-order valence-corrected chi connectivity index (χ2v) is 11.3. The van der Waals surface area contributed by atoms with Crippen molar-refractivity contribution in [2.75, 3.05) is 13.1 Å². The molecule has 216 valence electrons. The number of alkyl halides is 3. The third-order valence-electron chi connectivity index (χ3n) is 7.06. The minimum atomic E-state index is -4.43. The number of nitrogens with zero attached hydrogens (tertiary/aromatic N) is 3. The molecule has 1 fully saturated rings. The first-order valence-corrected chi connectivity index (χ1v) is 13.6. The standard InChI is InChI=1S/C29H35F3N4O4/c1-28(2,3)40-27(39)26-25(20-7-5-4-6-8-20)22-18-35(15-16-36(22)34-26)24(38)17-33-23(37)14-11-19-9-12-21(13-10-19)29(30,31)32/h9-14,20H,4-8,15-18H2,1-3H3,(H,33,37)/b14-11+. The number of rotatable bonds is 6. The fourth-order valence-corrected chi connectivity index (χ4v) is 5.14. The van der Waals surface area contributed by atoms with Crippen LogP contribution < -0.4 is 5.32 Å². The number of aromatic nitrogens is 2. The maximum atomic E-state index is 13.1. The van der Waals surface area contributed by atoms with E-state index in [1.165, 1.54) is 24.3 Å². The molecule has 4 rings (SSSR count). The van der Waals surface area contributed by atoms with Gasteiger partial charge in [0.2, 0.25) is 11.8 Å². The van der Waals surface area contributed by atoms with E-state index >= 15 is 0 Å². The molecular formula is C29H35F3N4O4. The van der Waals surface area contributed by atoms with Crippen LogP contribution in [0.2, 0.25) is 0 Å². The number of amides is 2. The first kappa shape index (κ1) is 29.4. The number of hydrogen-bond acceptors (Lipinski definition) is 5. The van der Waals surface area contributed by atoms with Crippen molar-refractivity contribution in [3.63, 3.8) is 0 Å². The minimum Gasteiger partial charge on any atom is -0.455 e. The van der Waals surface area contributed by atoms with Crippen LogP contribution in [0, 0.1) is 0 Å². The summed E-state index contributed by atoms with van der Waals surface area (Å²) in [6.45, 7) is 6.28. The highest BCUT2D eigenvalue weighted by atomic mass is 19.4. The summed E-state index contributed by atoms with van der Waals surface area (Å²) in [5.41, 5.74) is 1.03. The number of carbonyl (C=O) groups is 3. The number of ether oxygens (including phenoxy) is 1. The molecule has 2 aliphatic rings. The quantitative estimate of drug-likeness (QED) is 0.393. The first-order valence-electron chi connectivity index (χ1n) is 13.6. The van der Waals surface area contributed by atoms with E-state index in [2.05, 4.69) is 10.4 Å².